The highest BCUT2D eigenvalue weighted by Crippen LogP contribution is 2.58. The smallest absolute Gasteiger partial charge is 0.242 e. The largest absolute Gasteiger partial charge is 0.361 e. The van der Waals surface area contributed by atoms with Crippen LogP contribution in [0.4, 0.5) is 5.69 Å². The van der Waals surface area contributed by atoms with Crippen molar-refractivity contribution in [3.05, 3.63) is 125 Å². The van der Waals surface area contributed by atoms with E-state index in [1.807, 2.05) is 30.3 Å². The first kappa shape index (κ1) is 23.2. The van der Waals surface area contributed by atoms with Crippen LogP contribution in [-0.2, 0) is 16.0 Å². The highest BCUT2D eigenvalue weighted by atomic mass is 16.2. The standard InChI is InChI=1S/C34H32N2O2/c1-21-12-14-22(15-13-21)18-25-20-29-31-30(33(37)36(34(31)38)26-10-6-3-7-11-26)28-19-24(23-8-4-2-5-9-23)16-17-27(28)32(29)35-25/h2-15,20,24,27-28,30-31,35H,16-19H2,1H3/t24?,27-,28-,30-,31+/m0/s1. The lowest BCUT2D eigenvalue weighted by atomic mass is 9.59. The number of hydrogen-bond acceptors (Lipinski definition) is 2. The Bertz CT molecular complexity index is 1490. The van der Waals surface area contributed by atoms with Gasteiger partial charge in [0.2, 0.25) is 11.8 Å². The van der Waals surface area contributed by atoms with Gasteiger partial charge in [0.05, 0.1) is 17.5 Å². The molecule has 2 fully saturated rings. The highest BCUT2D eigenvalue weighted by Gasteiger charge is 2.58. The number of fused-ring (bicyclic) bond motifs is 6. The summed E-state index contributed by atoms with van der Waals surface area (Å²) in [5, 5.41) is 0. The number of H-pyrrole nitrogens is 1. The maximum Gasteiger partial charge on any atom is 0.242 e. The second-order valence-electron chi connectivity index (χ2n) is 11.4. The van der Waals surface area contributed by atoms with Gasteiger partial charge in [-0.1, -0.05) is 78.4 Å². The predicted molar refractivity (Wildman–Crippen MR) is 149 cm³/mol. The fraction of sp³-hybridized carbons (Fsp3) is 0.294. The first-order valence-corrected chi connectivity index (χ1v) is 13.8. The summed E-state index contributed by atoms with van der Waals surface area (Å²) in [6.07, 6.45) is 3.85. The van der Waals surface area contributed by atoms with E-state index < -0.39 is 5.92 Å². The van der Waals surface area contributed by atoms with E-state index in [1.54, 1.807) is 0 Å². The summed E-state index contributed by atoms with van der Waals surface area (Å²) in [5.74, 6) is -0.00928. The van der Waals surface area contributed by atoms with Gasteiger partial charge < -0.3 is 4.98 Å². The van der Waals surface area contributed by atoms with Crippen LogP contribution in [0.25, 0.3) is 0 Å². The SMILES string of the molecule is Cc1ccc(Cc2cc3c([nH]2)[C@H]2CCC(c4ccccc4)C[C@@H]2[C@@H]2C(=O)N(c4ccccc4)C(=O)[C@H]32)cc1. The van der Waals surface area contributed by atoms with Crippen LogP contribution in [-0.4, -0.2) is 16.8 Å². The lowest BCUT2D eigenvalue weighted by Crippen LogP contribution is -2.39. The molecule has 1 N–H and O–H groups in total. The molecule has 2 heterocycles. The molecule has 0 bridgehead atoms. The summed E-state index contributed by atoms with van der Waals surface area (Å²) in [6, 6.07) is 31.0. The Kier molecular flexibility index (Phi) is 5.57. The van der Waals surface area contributed by atoms with Gasteiger partial charge in [-0.2, -0.15) is 0 Å². The Labute approximate surface area is 223 Å². The number of nitrogens with zero attached hydrogens (tertiary/aromatic N) is 1. The molecule has 4 nitrogen and oxygen atoms in total. The fourth-order valence-electron chi connectivity index (χ4n) is 7.40. The number of aromatic amines is 1. The number of aromatic nitrogens is 1. The number of carbonyl (C=O) groups excluding carboxylic acids is 2. The minimum absolute atomic E-state index is 0.0261. The maximum absolute atomic E-state index is 14.1. The Morgan fingerprint density at radius 2 is 1.55 bits per heavy atom. The second-order valence-corrected chi connectivity index (χ2v) is 11.4. The monoisotopic (exact) mass is 500 g/mol. The number of imide groups is 1. The summed E-state index contributed by atoms with van der Waals surface area (Å²) in [5.41, 5.74) is 7.89. The number of aryl methyl sites for hydroxylation is 1. The Hall–Kier alpha value is -3.92. The van der Waals surface area contributed by atoms with E-state index in [4.69, 9.17) is 0 Å². The summed E-state index contributed by atoms with van der Waals surface area (Å²) >= 11 is 0. The highest BCUT2D eigenvalue weighted by molar-refractivity contribution is 6.24. The number of anilines is 1. The van der Waals surface area contributed by atoms with E-state index in [-0.39, 0.29) is 29.6 Å². The molecule has 7 rings (SSSR count). The zero-order chi connectivity index (χ0) is 25.8. The normalized spacial score (nSPS) is 26.1. The van der Waals surface area contributed by atoms with Gasteiger partial charge in [0.1, 0.15) is 0 Å². The van der Waals surface area contributed by atoms with Crippen molar-refractivity contribution in [2.45, 2.75) is 50.4 Å². The van der Waals surface area contributed by atoms with Crippen LogP contribution in [0.15, 0.2) is 91.0 Å². The first-order valence-electron chi connectivity index (χ1n) is 13.8. The van der Waals surface area contributed by atoms with Gasteiger partial charge in [-0.25, -0.2) is 4.90 Å². The number of hydrogen-bond donors (Lipinski definition) is 1. The molecule has 4 heteroatoms. The number of nitrogens with one attached hydrogen (secondary N) is 1. The van der Waals surface area contributed by atoms with Crippen molar-refractivity contribution in [2.75, 3.05) is 4.90 Å². The van der Waals surface area contributed by atoms with Gasteiger partial charge >= 0.3 is 0 Å². The number of rotatable bonds is 4. The van der Waals surface area contributed by atoms with Crippen LogP contribution in [0.5, 0.6) is 0 Å². The summed E-state index contributed by atoms with van der Waals surface area (Å²) < 4.78 is 0. The topological polar surface area (TPSA) is 53.2 Å². The molecule has 0 radical (unpaired) electrons. The molecule has 0 spiro atoms. The molecular formula is C34H32N2O2. The molecule has 38 heavy (non-hydrogen) atoms. The van der Waals surface area contributed by atoms with Crippen molar-refractivity contribution in [3.8, 4) is 0 Å². The molecule has 1 saturated heterocycles. The van der Waals surface area contributed by atoms with Gasteiger partial charge in [0.15, 0.2) is 0 Å². The molecule has 2 amide bonds. The molecule has 2 aliphatic carbocycles. The molecule has 5 atom stereocenters. The number of amides is 2. The van der Waals surface area contributed by atoms with Gasteiger partial charge in [-0.3, -0.25) is 9.59 Å². The van der Waals surface area contributed by atoms with E-state index in [9.17, 15) is 9.59 Å². The molecule has 1 unspecified atom stereocenters. The van der Waals surface area contributed by atoms with Crippen molar-refractivity contribution in [2.24, 2.45) is 11.8 Å². The quantitative estimate of drug-likeness (QED) is 0.311. The van der Waals surface area contributed by atoms with Crippen molar-refractivity contribution >= 4 is 17.5 Å². The van der Waals surface area contributed by atoms with Gasteiger partial charge in [-0.05, 0) is 72.9 Å². The molecule has 190 valence electrons. The maximum atomic E-state index is 14.1. The van der Waals surface area contributed by atoms with Gasteiger partial charge in [-0.15, -0.1) is 0 Å². The Morgan fingerprint density at radius 3 is 2.29 bits per heavy atom. The first-order chi connectivity index (χ1) is 18.6. The number of benzene rings is 3. The Balaban J connectivity index is 1.30. The summed E-state index contributed by atoms with van der Waals surface area (Å²) in [7, 11) is 0. The fourth-order valence-corrected chi connectivity index (χ4v) is 7.40. The lowest BCUT2D eigenvalue weighted by molar-refractivity contribution is -0.123. The van der Waals surface area contributed by atoms with E-state index in [0.29, 0.717) is 11.6 Å². The molecule has 3 aliphatic rings. The van der Waals surface area contributed by atoms with Crippen molar-refractivity contribution in [1.29, 1.82) is 0 Å². The molecule has 3 aromatic carbocycles. The lowest BCUT2D eigenvalue weighted by Gasteiger charge is -2.43. The van der Waals surface area contributed by atoms with E-state index in [0.717, 1.165) is 36.9 Å². The van der Waals surface area contributed by atoms with E-state index in [2.05, 4.69) is 72.6 Å². The summed E-state index contributed by atoms with van der Waals surface area (Å²) in [6.45, 7) is 2.10. The van der Waals surface area contributed by atoms with Crippen LogP contribution in [0.3, 0.4) is 0 Å². The van der Waals surface area contributed by atoms with Crippen LogP contribution in [0.2, 0.25) is 0 Å². The zero-order valence-corrected chi connectivity index (χ0v) is 21.6. The molecule has 1 aliphatic heterocycles. The third-order valence-corrected chi connectivity index (χ3v) is 9.15. The van der Waals surface area contributed by atoms with Crippen molar-refractivity contribution < 1.29 is 9.59 Å². The third kappa shape index (κ3) is 3.74. The van der Waals surface area contributed by atoms with Crippen molar-refractivity contribution in [3.63, 3.8) is 0 Å². The average molecular weight is 501 g/mol. The van der Waals surface area contributed by atoms with Gasteiger partial charge in [0, 0.05) is 23.7 Å². The summed E-state index contributed by atoms with van der Waals surface area (Å²) in [4.78, 5) is 33.4. The second kappa shape index (κ2) is 9.13. The third-order valence-electron chi connectivity index (χ3n) is 9.15. The Morgan fingerprint density at radius 1 is 0.842 bits per heavy atom. The molecular weight excluding hydrogens is 468 g/mol. The number of para-hydroxylation sites is 1. The zero-order valence-electron chi connectivity index (χ0n) is 21.6. The van der Waals surface area contributed by atoms with Gasteiger partial charge in [0.25, 0.3) is 0 Å². The van der Waals surface area contributed by atoms with Crippen LogP contribution in [0.1, 0.15) is 70.7 Å². The number of carbonyl (C=O) groups is 2. The van der Waals surface area contributed by atoms with Crippen LogP contribution < -0.4 is 4.90 Å². The predicted octanol–water partition coefficient (Wildman–Crippen LogP) is 6.87. The van der Waals surface area contributed by atoms with Crippen LogP contribution >= 0.6 is 0 Å². The van der Waals surface area contributed by atoms with E-state index >= 15 is 0 Å². The van der Waals surface area contributed by atoms with Crippen molar-refractivity contribution in [1.82, 2.24) is 4.98 Å². The van der Waals surface area contributed by atoms with E-state index in [1.165, 1.54) is 27.3 Å². The molecule has 1 aromatic heterocycles. The average Bonchev–Trinajstić information content (AvgIpc) is 3.48. The molecule has 1 saturated carbocycles. The van der Waals surface area contributed by atoms with Crippen LogP contribution in [0, 0.1) is 18.8 Å². The minimum Gasteiger partial charge on any atom is -0.361 e. The minimum atomic E-state index is -0.420. The molecule has 4 aromatic rings.